The molecule has 5 nitrogen and oxygen atoms in total. The maximum absolute atomic E-state index is 10.5. The predicted molar refractivity (Wildman–Crippen MR) is 104 cm³/mol. The van der Waals surface area contributed by atoms with Gasteiger partial charge in [-0.2, -0.15) is 0 Å². The number of piperidine rings is 1. The van der Waals surface area contributed by atoms with Crippen molar-refractivity contribution >= 4 is 29.9 Å². The molecule has 132 valence electrons. The normalized spacial score (nSPS) is 24.7. The Morgan fingerprint density at radius 2 is 2.09 bits per heavy atom. The second kappa shape index (κ2) is 8.92. The Bertz CT molecular complexity index is 478. The average molecular weight is 435 g/mol. The number of nitrogens with zero attached hydrogens (tertiary/aromatic N) is 2. The molecule has 0 bridgehead atoms. The summed E-state index contributed by atoms with van der Waals surface area (Å²) >= 11 is 0. The van der Waals surface area contributed by atoms with Crippen LogP contribution in [0.1, 0.15) is 39.9 Å². The molecule has 2 heterocycles. The maximum atomic E-state index is 10.5. The molecule has 1 fully saturated rings. The number of furan rings is 1. The van der Waals surface area contributed by atoms with Gasteiger partial charge >= 0.3 is 0 Å². The minimum Gasteiger partial charge on any atom is -0.466 e. The molecule has 1 aliphatic rings. The molecular formula is C17H30IN3O2. The van der Waals surface area contributed by atoms with E-state index in [9.17, 15) is 5.11 Å². The summed E-state index contributed by atoms with van der Waals surface area (Å²) in [5, 5.41) is 13.9. The SMILES string of the molecule is CCNC(=NCC(C)(O)c1ccco1)N1CC(C)CC(C)C1.I. The highest BCUT2D eigenvalue weighted by molar-refractivity contribution is 14.0. The van der Waals surface area contributed by atoms with Crippen molar-refractivity contribution in [3.8, 4) is 0 Å². The van der Waals surface area contributed by atoms with Gasteiger partial charge in [0.05, 0.1) is 12.8 Å². The molecule has 0 amide bonds. The van der Waals surface area contributed by atoms with Crippen molar-refractivity contribution in [1.82, 2.24) is 10.2 Å². The Balaban J connectivity index is 0.00000264. The molecule has 0 saturated carbocycles. The van der Waals surface area contributed by atoms with E-state index in [2.05, 4.69) is 36.0 Å². The lowest BCUT2D eigenvalue weighted by molar-refractivity contribution is 0.0433. The minimum atomic E-state index is -1.09. The molecule has 3 atom stereocenters. The van der Waals surface area contributed by atoms with Crippen molar-refractivity contribution in [2.24, 2.45) is 16.8 Å². The molecule has 0 spiro atoms. The van der Waals surface area contributed by atoms with E-state index in [-0.39, 0.29) is 30.5 Å². The zero-order chi connectivity index (χ0) is 16.2. The molecular weight excluding hydrogens is 405 g/mol. The van der Waals surface area contributed by atoms with Crippen LogP contribution in [0.5, 0.6) is 0 Å². The van der Waals surface area contributed by atoms with E-state index in [0.29, 0.717) is 17.6 Å². The first kappa shape index (κ1) is 20.3. The predicted octanol–water partition coefficient (Wildman–Crippen LogP) is 3.05. The molecule has 1 saturated heterocycles. The van der Waals surface area contributed by atoms with Gasteiger partial charge in [0.25, 0.3) is 0 Å². The third-order valence-electron chi connectivity index (χ3n) is 4.09. The van der Waals surface area contributed by atoms with Crippen LogP contribution in [0.25, 0.3) is 0 Å². The van der Waals surface area contributed by atoms with Crippen molar-refractivity contribution in [1.29, 1.82) is 0 Å². The average Bonchev–Trinajstić information content (AvgIpc) is 2.97. The van der Waals surface area contributed by atoms with Gasteiger partial charge in [0.1, 0.15) is 11.4 Å². The quantitative estimate of drug-likeness (QED) is 0.434. The Labute approximate surface area is 156 Å². The molecule has 0 aliphatic carbocycles. The van der Waals surface area contributed by atoms with E-state index in [0.717, 1.165) is 25.6 Å². The van der Waals surface area contributed by atoms with E-state index < -0.39 is 5.60 Å². The van der Waals surface area contributed by atoms with Gasteiger partial charge in [-0.15, -0.1) is 24.0 Å². The van der Waals surface area contributed by atoms with Crippen molar-refractivity contribution in [3.05, 3.63) is 24.2 Å². The van der Waals surface area contributed by atoms with E-state index in [1.807, 2.05) is 0 Å². The van der Waals surface area contributed by atoms with Crippen molar-refractivity contribution < 1.29 is 9.52 Å². The van der Waals surface area contributed by atoms with Crippen LogP contribution in [0.3, 0.4) is 0 Å². The smallest absolute Gasteiger partial charge is 0.194 e. The van der Waals surface area contributed by atoms with Crippen molar-refractivity contribution in [2.75, 3.05) is 26.2 Å². The van der Waals surface area contributed by atoms with Gasteiger partial charge in [0, 0.05) is 19.6 Å². The first-order valence-electron chi connectivity index (χ1n) is 8.22. The van der Waals surface area contributed by atoms with Crippen LogP contribution in [0.4, 0.5) is 0 Å². The summed E-state index contributed by atoms with van der Waals surface area (Å²) in [6.45, 7) is 11.5. The number of nitrogens with one attached hydrogen (secondary N) is 1. The van der Waals surface area contributed by atoms with Gasteiger partial charge in [-0.1, -0.05) is 13.8 Å². The monoisotopic (exact) mass is 435 g/mol. The number of hydrogen-bond donors (Lipinski definition) is 2. The molecule has 0 aromatic carbocycles. The van der Waals surface area contributed by atoms with Gasteiger partial charge < -0.3 is 19.7 Å². The molecule has 2 N–H and O–H groups in total. The Hall–Kier alpha value is -0.760. The summed E-state index contributed by atoms with van der Waals surface area (Å²) in [7, 11) is 0. The van der Waals surface area contributed by atoms with E-state index in [1.54, 1.807) is 25.3 Å². The zero-order valence-electron chi connectivity index (χ0n) is 14.6. The fourth-order valence-corrected chi connectivity index (χ4v) is 3.15. The van der Waals surface area contributed by atoms with Gasteiger partial charge in [-0.05, 0) is 44.2 Å². The number of aliphatic hydroxyl groups is 1. The Kier molecular flexibility index (Phi) is 7.86. The summed E-state index contributed by atoms with van der Waals surface area (Å²) in [4.78, 5) is 6.96. The van der Waals surface area contributed by atoms with E-state index in [4.69, 9.17) is 4.42 Å². The Morgan fingerprint density at radius 3 is 2.61 bits per heavy atom. The second-order valence-electron chi connectivity index (χ2n) is 6.77. The molecule has 6 heteroatoms. The molecule has 1 aromatic heterocycles. The summed E-state index contributed by atoms with van der Waals surface area (Å²) in [6, 6.07) is 3.57. The molecule has 2 rings (SSSR count). The van der Waals surface area contributed by atoms with Crippen molar-refractivity contribution in [3.63, 3.8) is 0 Å². The van der Waals surface area contributed by atoms with Gasteiger partial charge in [0.15, 0.2) is 5.96 Å². The summed E-state index contributed by atoms with van der Waals surface area (Å²) in [5.41, 5.74) is -1.09. The summed E-state index contributed by atoms with van der Waals surface area (Å²) in [5.74, 6) is 2.76. The highest BCUT2D eigenvalue weighted by Crippen LogP contribution is 2.23. The first-order chi connectivity index (χ1) is 10.4. The van der Waals surface area contributed by atoms with Crippen LogP contribution in [0, 0.1) is 11.8 Å². The van der Waals surface area contributed by atoms with E-state index >= 15 is 0 Å². The van der Waals surface area contributed by atoms with E-state index in [1.165, 1.54) is 6.42 Å². The molecule has 1 aromatic rings. The Morgan fingerprint density at radius 1 is 1.43 bits per heavy atom. The minimum absolute atomic E-state index is 0. The molecule has 23 heavy (non-hydrogen) atoms. The first-order valence-corrected chi connectivity index (χ1v) is 8.22. The lowest BCUT2D eigenvalue weighted by atomic mass is 9.92. The zero-order valence-corrected chi connectivity index (χ0v) is 16.9. The second-order valence-corrected chi connectivity index (χ2v) is 6.77. The highest BCUT2D eigenvalue weighted by Gasteiger charge is 2.28. The summed E-state index contributed by atoms with van der Waals surface area (Å²) in [6.07, 6.45) is 2.84. The third kappa shape index (κ3) is 5.67. The largest absolute Gasteiger partial charge is 0.466 e. The van der Waals surface area contributed by atoms with Crippen LogP contribution in [-0.4, -0.2) is 42.1 Å². The van der Waals surface area contributed by atoms with Gasteiger partial charge in [0.2, 0.25) is 0 Å². The number of rotatable bonds is 4. The van der Waals surface area contributed by atoms with Crippen molar-refractivity contribution in [2.45, 2.75) is 39.7 Å². The van der Waals surface area contributed by atoms with Crippen LogP contribution in [-0.2, 0) is 5.60 Å². The number of guanidine groups is 1. The molecule has 0 radical (unpaired) electrons. The molecule has 1 aliphatic heterocycles. The molecule has 3 unspecified atom stereocenters. The van der Waals surface area contributed by atoms with Crippen LogP contribution >= 0.6 is 24.0 Å². The van der Waals surface area contributed by atoms with Gasteiger partial charge in [-0.25, -0.2) is 4.99 Å². The third-order valence-corrected chi connectivity index (χ3v) is 4.09. The van der Waals surface area contributed by atoms with Crippen LogP contribution in [0.15, 0.2) is 27.8 Å². The maximum Gasteiger partial charge on any atom is 0.194 e. The number of aliphatic imine (C=N–C) groups is 1. The number of likely N-dealkylation sites (tertiary alicyclic amines) is 1. The number of hydrogen-bond acceptors (Lipinski definition) is 3. The fourth-order valence-electron chi connectivity index (χ4n) is 3.15. The standard InChI is InChI=1S/C17H29N3O2.HI/c1-5-18-16(20-10-13(2)9-14(3)11-20)19-12-17(4,21)15-7-6-8-22-15;/h6-8,13-14,21H,5,9-12H2,1-4H3,(H,18,19);1H. The lowest BCUT2D eigenvalue weighted by Gasteiger charge is -2.37. The highest BCUT2D eigenvalue weighted by atomic mass is 127. The van der Waals surface area contributed by atoms with Crippen LogP contribution in [0.2, 0.25) is 0 Å². The lowest BCUT2D eigenvalue weighted by Crippen LogP contribution is -2.49. The van der Waals surface area contributed by atoms with Crippen LogP contribution < -0.4 is 5.32 Å². The fraction of sp³-hybridized carbons (Fsp3) is 0.706. The summed E-state index contributed by atoms with van der Waals surface area (Å²) < 4.78 is 5.32. The van der Waals surface area contributed by atoms with Gasteiger partial charge in [-0.3, -0.25) is 0 Å². The number of halogens is 1. The topological polar surface area (TPSA) is 61.0 Å².